The molecule has 4 aromatic rings. The number of nitrogens with one attached hydrogen (secondary N) is 1. The highest BCUT2D eigenvalue weighted by Crippen LogP contribution is 2.24. The molecule has 3 aromatic carbocycles. The molecule has 0 aliphatic rings. The average Bonchev–Trinajstić information content (AvgIpc) is 3.09. The molecule has 0 saturated carbocycles. The minimum absolute atomic E-state index is 0.0204. The van der Waals surface area contributed by atoms with Gasteiger partial charge in [0.1, 0.15) is 0 Å². The Bertz CT molecular complexity index is 1080. The summed E-state index contributed by atoms with van der Waals surface area (Å²) in [5.41, 5.74) is 3.78. The number of aromatic nitrogens is 1. The third kappa shape index (κ3) is 3.51. The largest absolute Gasteiger partial charge is 0.326 e. The quantitative estimate of drug-likeness (QED) is 0.527. The monoisotopic (exact) mass is 358 g/mol. The van der Waals surface area contributed by atoms with E-state index < -0.39 is 0 Å². The molecule has 0 saturated heterocycles. The van der Waals surface area contributed by atoms with Crippen molar-refractivity contribution < 1.29 is 4.79 Å². The Morgan fingerprint density at radius 3 is 2.69 bits per heavy atom. The first kappa shape index (κ1) is 16.5. The van der Waals surface area contributed by atoms with E-state index >= 15 is 0 Å². The second-order valence-electron chi connectivity index (χ2n) is 6.20. The van der Waals surface area contributed by atoms with Crippen molar-refractivity contribution in [3.63, 3.8) is 0 Å². The minimum atomic E-state index is -0.0204. The Morgan fingerprint density at radius 1 is 1.04 bits per heavy atom. The lowest BCUT2D eigenvalue weighted by atomic mass is 10.0. The maximum atomic E-state index is 12.6. The van der Waals surface area contributed by atoms with Crippen LogP contribution in [-0.4, -0.2) is 10.9 Å². The number of nitrogens with zero attached hydrogens (tertiary/aromatic N) is 1. The molecule has 0 radical (unpaired) electrons. The number of carbonyl (C=O) groups excluding carboxylic acids is 1. The summed E-state index contributed by atoms with van der Waals surface area (Å²) >= 11 is 1.62. The van der Waals surface area contributed by atoms with Crippen molar-refractivity contribution in [2.75, 3.05) is 5.32 Å². The summed E-state index contributed by atoms with van der Waals surface area (Å²) in [5.74, 6) is -0.0204. The predicted molar refractivity (Wildman–Crippen MR) is 109 cm³/mol. The van der Waals surface area contributed by atoms with Crippen LogP contribution in [0, 0.1) is 6.92 Å². The van der Waals surface area contributed by atoms with Crippen LogP contribution in [0.15, 0.2) is 72.1 Å². The topological polar surface area (TPSA) is 42.0 Å². The number of amides is 1. The highest BCUT2D eigenvalue weighted by atomic mass is 32.1. The normalized spacial score (nSPS) is 10.8. The maximum Gasteiger partial charge on any atom is 0.228 e. The van der Waals surface area contributed by atoms with Crippen LogP contribution >= 0.6 is 11.3 Å². The third-order valence-corrected chi connectivity index (χ3v) is 5.07. The van der Waals surface area contributed by atoms with Crippen molar-refractivity contribution in [2.24, 2.45) is 0 Å². The van der Waals surface area contributed by atoms with Gasteiger partial charge < -0.3 is 5.32 Å². The van der Waals surface area contributed by atoms with Gasteiger partial charge in [-0.05, 0) is 35.4 Å². The number of fused-ring (bicyclic) bond motifs is 1. The van der Waals surface area contributed by atoms with E-state index in [1.54, 1.807) is 11.3 Å². The summed E-state index contributed by atoms with van der Waals surface area (Å²) in [6, 6.07) is 22.0. The van der Waals surface area contributed by atoms with Gasteiger partial charge in [-0.15, -0.1) is 11.3 Å². The zero-order valence-corrected chi connectivity index (χ0v) is 15.2. The fourth-order valence-electron chi connectivity index (χ4n) is 3.08. The number of hydrogen-bond acceptors (Lipinski definition) is 3. The van der Waals surface area contributed by atoms with Gasteiger partial charge in [-0.3, -0.25) is 4.79 Å². The maximum absolute atomic E-state index is 12.6. The number of benzene rings is 3. The van der Waals surface area contributed by atoms with Crippen LogP contribution in [0.3, 0.4) is 0 Å². The molecule has 1 amide bonds. The number of aryl methyl sites for hydroxylation is 1. The van der Waals surface area contributed by atoms with Crippen LogP contribution in [0.2, 0.25) is 0 Å². The molecule has 0 spiro atoms. The first-order valence-electron chi connectivity index (χ1n) is 8.48. The summed E-state index contributed by atoms with van der Waals surface area (Å²) in [7, 11) is 0. The molecule has 128 valence electrons. The van der Waals surface area contributed by atoms with Gasteiger partial charge in [-0.25, -0.2) is 4.98 Å². The van der Waals surface area contributed by atoms with E-state index in [1.807, 2.05) is 60.8 Å². The first-order chi connectivity index (χ1) is 12.7. The second-order valence-corrected chi connectivity index (χ2v) is 7.26. The lowest BCUT2D eigenvalue weighted by molar-refractivity contribution is -0.115. The molecule has 0 atom stereocenters. The van der Waals surface area contributed by atoms with Gasteiger partial charge >= 0.3 is 0 Å². The summed E-state index contributed by atoms with van der Waals surface area (Å²) < 4.78 is 0. The van der Waals surface area contributed by atoms with Crippen LogP contribution in [0.25, 0.3) is 22.0 Å². The van der Waals surface area contributed by atoms with E-state index in [-0.39, 0.29) is 5.91 Å². The van der Waals surface area contributed by atoms with Crippen LogP contribution in [-0.2, 0) is 11.2 Å². The SMILES string of the molecule is Cc1nc(-c2cccc(NC(=O)Cc3cccc4ccccc34)c2)cs1. The van der Waals surface area contributed by atoms with Crippen molar-refractivity contribution in [1.29, 1.82) is 0 Å². The fourth-order valence-corrected chi connectivity index (χ4v) is 3.70. The number of hydrogen-bond donors (Lipinski definition) is 1. The van der Waals surface area contributed by atoms with Crippen LogP contribution < -0.4 is 5.32 Å². The van der Waals surface area contributed by atoms with E-state index in [0.29, 0.717) is 6.42 Å². The average molecular weight is 358 g/mol. The zero-order chi connectivity index (χ0) is 17.9. The van der Waals surface area contributed by atoms with Crippen molar-refractivity contribution in [1.82, 2.24) is 4.98 Å². The molecule has 4 rings (SSSR count). The van der Waals surface area contributed by atoms with E-state index in [0.717, 1.165) is 38.3 Å². The third-order valence-electron chi connectivity index (χ3n) is 4.29. The van der Waals surface area contributed by atoms with Crippen LogP contribution in [0.5, 0.6) is 0 Å². The predicted octanol–water partition coefficient (Wildman–Crippen LogP) is 5.45. The Kier molecular flexibility index (Phi) is 4.50. The Balaban J connectivity index is 1.53. The lowest BCUT2D eigenvalue weighted by Crippen LogP contribution is -2.14. The molecular formula is C22H18N2OS. The molecule has 3 nitrogen and oxygen atoms in total. The van der Waals surface area contributed by atoms with E-state index in [4.69, 9.17) is 0 Å². The van der Waals surface area contributed by atoms with Crippen molar-refractivity contribution in [3.05, 3.63) is 82.7 Å². The van der Waals surface area contributed by atoms with Crippen molar-refractivity contribution >= 4 is 33.7 Å². The molecule has 0 aliphatic heterocycles. The standard InChI is InChI=1S/C22H18N2OS/c1-15-23-21(14-26-15)18-9-5-10-19(12-18)24-22(25)13-17-8-4-7-16-6-2-3-11-20(16)17/h2-12,14H,13H2,1H3,(H,24,25). The van der Waals surface area contributed by atoms with Crippen molar-refractivity contribution in [2.45, 2.75) is 13.3 Å². The van der Waals surface area contributed by atoms with Gasteiger partial charge in [0.05, 0.1) is 17.1 Å². The number of thiazole rings is 1. The van der Waals surface area contributed by atoms with Gasteiger partial charge in [-0.1, -0.05) is 54.6 Å². The Labute approximate surface area is 156 Å². The zero-order valence-electron chi connectivity index (χ0n) is 14.4. The van der Waals surface area contributed by atoms with E-state index in [2.05, 4.69) is 28.5 Å². The number of rotatable bonds is 4. The smallest absolute Gasteiger partial charge is 0.228 e. The molecule has 4 heteroatoms. The molecule has 0 aliphatic carbocycles. The van der Waals surface area contributed by atoms with Crippen LogP contribution in [0.1, 0.15) is 10.6 Å². The highest BCUT2D eigenvalue weighted by molar-refractivity contribution is 7.09. The van der Waals surface area contributed by atoms with Gasteiger partial charge in [-0.2, -0.15) is 0 Å². The molecule has 1 aromatic heterocycles. The molecule has 0 unspecified atom stereocenters. The highest BCUT2D eigenvalue weighted by Gasteiger charge is 2.09. The minimum Gasteiger partial charge on any atom is -0.326 e. The van der Waals surface area contributed by atoms with Gasteiger partial charge in [0.15, 0.2) is 0 Å². The molecule has 26 heavy (non-hydrogen) atoms. The van der Waals surface area contributed by atoms with Crippen LogP contribution in [0.4, 0.5) is 5.69 Å². The number of carbonyl (C=O) groups is 1. The molecule has 0 fully saturated rings. The molecule has 1 N–H and O–H groups in total. The summed E-state index contributed by atoms with van der Waals surface area (Å²) in [6.07, 6.45) is 0.349. The molecule has 0 bridgehead atoms. The summed E-state index contributed by atoms with van der Waals surface area (Å²) in [5, 5.41) is 8.35. The van der Waals surface area contributed by atoms with E-state index in [9.17, 15) is 4.79 Å². The number of anilines is 1. The first-order valence-corrected chi connectivity index (χ1v) is 9.36. The Morgan fingerprint density at radius 2 is 1.85 bits per heavy atom. The molecular weight excluding hydrogens is 340 g/mol. The summed E-state index contributed by atoms with van der Waals surface area (Å²) in [6.45, 7) is 1.99. The van der Waals surface area contributed by atoms with Gasteiger partial charge in [0, 0.05) is 16.6 Å². The second kappa shape index (κ2) is 7.10. The lowest BCUT2D eigenvalue weighted by Gasteiger charge is -2.09. The molecule has 1 heterocycles. The van der Waals surface area contributed by atoms with E-state index in [1.165, 1.54) is 0 Å². The fraction of sp³-hybridized carbons (Fsp3) is 0.0909. The Hall–Kier alpha value is -2.98. The van der Waals surface area contributed by atoms with Crippen molar-refractivity contribution in [3.8, 4) is 11.3 Å². The van der Waals surface area contributed by atoms with Gasteiger partial charge in [0.2, 0.25) is 5.91 Å². The summed E-state index contributed by atoms with van der Waals surface area (Å²) in [4.78, 5) is 17.1. The van der Waals surface area contributed by atoms with Gasteiger partial charge in [0.25, 0.3) is 0 Å².